The number of aromatic nitrogens is 1. The molecule has 2 nitrogen and oxygen atoms in total. The zero-order valence-electron chi connectivity index (χ0n) is 25.4. The number of benzene rings is 7. The van der Waals surface area contributed by atoms with Crippen LogP contribution >= 0.6 is 0 Å². The third-order valence-electron chi connectivity index (χ3n) is 11.0. The second-order valence-electron chi connectivity index (χ2n) is 13.0. The van der Waals surface area contributed by atoms with Crippen LogP contribution in [-0.4, -0.2) is 4.98 Å². The summed E-state index contributed by atoms with van der Waals surface area (Å²) in [6.45, 7) is 0. The van der Waals surface area contributed by atoms with E-state index in [2.05, 4.69) is 140 Å². The van der Waals surface area contributed by atoms with E-state index in [-0.39, 0.29) is 0 Å². The molecule has 7 aromatic carbocycles. The molecule has 0 aliphatic heterocycles. The Labute approximate surface area is 272 Å². The first-order valence-corrected chi connectivity index (χ1v) is 16.3. The maximum atomic E-state index is 6.42. The van der Waals surface area contributed by atoms with Crippen molar-refractivity contribution in [2.75, 3.05) is 0 Å². The molecule has 0 saturated carbocycles. The first-order valence-electron chi connectivity index (χ1n) is 16.3. The predicted octanol–water partition coefficient (Wildman–Crippen LogP) is 10.5. The van der Waals surface area contributed by atoms with Gasteiger partial charge in [-0.3, -0.25) is 0 Å². The lowest BCUT2D eigenvalue weighted by molar-refractivity contribution is 0.615. The lowest BCUT2D eigenvalue weighted by atomic mass is 9.52. The molecule has 218 valence electrons. The molecule has 0 saturated heterocycles. The summed E-state index contributed by atoms with van der Waals surface area (Å²) in [5.41, 5.74) is 17.4. The van der Waals surface area contributed by atoms with Crippen LogP contribution in [0.4, 0.5) is 0 Å². The highest BCUT2D eigenvalue weighted by Crippen LogP contribution is 2.67. The first kappa shape index (κ1) is 25.2. The summed E-state index contributed by atoms with van der Waals surface area (Å²) >= 11 is 0. The molecule has 1 heterocycles. The van der Waals surface area contributed by atoms with Crippen LogP contribution in [0.2, 0.25) is 0 Å². The van der Waals surface area contributed by atoms with Crippen LogP contribution in [0.25, 0.3) is 44.8 Å². The smallest absolute Gasteiger partial charge is 0.227 e. The Morgan fingerprint density at radius 3 is 1.28 bits per heavy atom. The van der Waals surface area contributed by atoms with Gasteiger partial charge in [0.2, 0.25) is 5.89 Å². The number of para-hydroxylation sites is 2. The van der Waals surface area contributed by atoms with E-state index in [1.165, 1.54) is 66.8 Å². The van der Waals surface area contributed by atoms with E-state index >= 15 is 0 Å². The van der Waals surface area contributed by atoms with Gasteiger partial charge in [0.1, 0.15) is 5.52 Å². The van der Waals surface area contributed by atoms with Crippen LogP contribution in [0.5, 0.6) is 0 Å². The van der Waals surface area contributed by atoms with Crippen LogP contribution in [0.1, 0.15) is 44.5 Å². The topological polar surface area (TPSA) is 26.0 Å². The molecular formula is C45H27NO. The van der Waals surface area contributed by atoms with Crippen LogP contribution < -0.4 is 0 Å². The Balaban J connectivity index is 1.35. The molecule has 0 radical (unpaired) electrons. The van der Waals surface area contributed by atoms with Crippen molar-refractivity contribution in [1.29, 1.82) is 0 Å². The summed E-state index contributed by atoms with van der Waals surface area (Å²) < 4.78 is 6.42. The van der Waals surface area contributed by atoms with Crippen molar-refractivity contribution in [1.82, 2.24) is 4.98 Å². The molecule has 2 spiro atoms. The quantitative estimate of drug-likeness (QED) is 0.188. The van der Waals surface area contributed by atoms with Crippen LogP contribution in [0.15, 0.2) is 168 Å². The van der Waals surface area contributed by atoms with Crippen molar-refractivity contribution in [3.63, 3.8) is 0 Å². The molecule has 1 aromatic heterocycles. The van der Waals surface area contributed by atoms with Gasteiger partial charge in [-0.15, -0.1) is 0 Å². The second kappa shape index (κ2) is 8.84. The van der Waals surface area contributed by atoms with Gasteiger partial charge < -0.3 is 4.42 Å². The van der Waals surface area contributed by atoms with Gasteiger partial charge in [0.25, 0.3) is 0 Å². The number of fused-ring (bicyclic) bond motifs is 17. The van der Waals surface area contributed by atoms with Gasteiger partial charge in [0.15, 0.2) is 5.58 Å². The Hall–Kier alpha value is -5.99. The zero-order valence-corrected chi connectivity index (χ0v) is 25.4. The fourth-order valence-corrected chi connectivity index (χ4v) is 9.37. The maximum absolute atomic E-state index is 6.42. The van der Waals surface area contributed by atoms with Crippen molar-refractivity contribution in [2.24, 2.45) is 0 Å². The van der Waals surface area contributed by atoms with E-state index in [4.69, 9.17) is 9.40 Å². The van der Waals surface area contributed by atoms with Crippen LogP contribution in [0, 0.1) is 0 Å². The summed E-state index contributed by atoms with van der Waals surface area (Å²) in [5, 5.41) is 0. The largest absolute Gasteiger partial charge is 0.436 e. The summed E-state index contributed by atoms with van der Waals surface area (Å²) in [7, 11) is 0. The van der Waals surface area contributed by atoms with Gasteiger partial charge in [0, 0.05) is 5.56 Å². The van der Waals surface area contributed by atoms with E-state index in [0.717, 1.165) is 16.7 Å². The molecule has 2 heteroatoms. The van der Waals surface area contributed by atoms with E-state index in [0.29, 0.717) is 5.89 Å². The lowest BCUT2D eigenvalue weighted by Gasteiger charge is -2.49. The fraction of sp³-hybridized carbons (Fsp3) is 0.0444. The average Bonchev–Trinajstić information content (AvgIpc) is 3.80. The monoisotopic (exact) mass is 597 g/mol. The normalized spacial score (nSPS) is 15.1. The van der Waals surface area contributed by atoms with Gasteiger partial charge in [-0.05, 0) is 91.0 Å². The molecule has 0 N–H and O–H groups in total. The Bertz CT molecular complexity index is 2480. The maximum Gasteiger partial charge on any atom is 0.227 e. The molecule has 0 amide bonds. The molecule has 0 atom stereocenters. The summed E-state index contributed by atoms with van der Waals surface area (Å²) in [6.07, 6.45) is 0. The lowest BCUT2D eigenvalue weighted by Crippen LogP contribution is -2.43. The van der Waals surface area contributed by atoms with E-state index < -0.39 is 10.8 Å². The van der Waals surface area contributed by atoms with Gasteiger partial charge in [-0.1, -0.05) is 140 Å². The third kappa shape index (κ3) is 2.91. The van der Waals surface area contributed by atoms with Crippen molar-refractivity contribution in [3.05, 3.63) is 208 Å². The molecule has 47 heavy (non-hydrogen) atoms. The molecule has 0 unspecified atom stereocenters. The van der Waals surface area contributed by atoms with Gasteiger partial charge in [-0.25, -0.2) is 4.98 Å². The highest BCUT2D eigenvalue weighted by molar-refractivity contribution is 5.94. The van der Waals surface area contributed by atoms with Gasteiger partial charge in [-0.2, -0.15) is 0 Å². The summed E-state index contributed by atoms with van der Waals surface area (Å²) in [4.78, 5) is 4.97. The molecule has 0 fully saturated rings. The molecule has 0 bridgehead atoms. The van der Waals surface area contributed by atoms with E-state index in [1.54, 1.807) is 0 Å². The zero-order chi connectivity index (χ0) is 30.7. The Morgan fingerprint density at radius 1 is 0.362 bits per heavy atom. The number of nitrogens with zero attached hydrogens (tertiary/aromatic N) is 1. The molecular weight excluding hydrogens is 571 g/mol. The minimum Gasteiger partial charge on any atom is -0.436 e. The Morgan fingerprint density at radius 2 is 0.766 bits per heavy atom. The molecule has 3 aliphatic rings. The van der Waals surface area contributed by atoms with Gasteiger partial charge in [0.05, 0.1) is 10.8 Å². The van der Waals surface area contributed by atoms with Crippen molar-refractivity contribution in [2.45, 2.75) is 10.8 Å². The highest BCUT2D eigenvalue weighted by Gasteiger charge is 2.58. The standard InChI is InChI=1S/C45H27NO/c1-5-17-33-29(13-1)30-14-2-6-18-34(30)44(33)37-21-9-10-22-38(37)45(35-19-7-3-15-31(35)32-16-4-8-20-36(32)45)40-27-28(25-26-39(40)44)43-46-41-23-11-12-24-42(41)47-43/h1-27H. The number of hydrogen-bond acceptors (Lipinski definition) is 2. The number of rotatable bonds is 1. The molecule has 3 aliphatic carbocycles. The van der Waals surface area contributed by atoms with Crippen molar-refractivity contribution in [3.8, 4) is 33.7 Å². The molecule has 8 aromatic rings. The number of hydrogen-bond donors (Lipinski definition) is 0. The van der Waals surface area contributed by atoms with Gasteiger partial charge >= 0.3 is 0 Å². The molecule has 11 rings (SSSR count). The van der Waals surface area contributed by atoms with E-state index in [9.17, 15) is 0 Å². The predicted molar refractivity (Wildman–Crippen MR) is 188 cm³/mol. The van der Waals surface area contributed by atoms with Crippen LogP contribution in [0.3, 0.4) is 0 Å². The van der Waals surface area contributed by atoms with Crippen molar-refractivity contribution < 1.29 is 4.42 Å². The SMILES string of the molecule is c1ccc2c(c1)-c1ccccc1C21c2ccccc2C2(c3ccccc3-c3ccccc32)c2cc(-c3nc4ccccc4o3)ccc21. The summed E-state index contributed by atoms with van der Waals surface area (Å²) in [6, 6.07) is 60.3. The highest BCUT2D eigenvalue weighted by atomic mass is 16.3. The van der Waals surface area contributed by atoms with Crippen molar-refractivity contribution >= 4 is 11.1 Å². The van der Waals surface area contributed by atoms with Crippen LogP contribution in [-0.2, 0) is 10.8 Å². The average molecular weight is 598 g/mol. The minimum absolute atomic E-state index is 0.489. The number of oxazole rings is 1. The first-order chi connectivity index (χ1) is 23.3. The fourth-order valence-electron chi connectivity index (χ4n) is 9.37. The summed E-state index contributed by atoms with van der Waals surface area (Å²) in [5.74, 6) is 0.642. The van der Waals surface area contributed by atoms with E-state index in [1.807, 2.05) is 24.3 Å². The Kier molecular flexibility index (Phi) is 4.74. The minimum atomic E-state index is -0.529. The third-order valence-corrected chi connectivity index (χ3v) is 11.0. The second-order valence-corrected chi connectivity index (χ2v) is 13.0.